The fourth-order valence-electron chi connectivity index (χ4n) is 1.76. The second kappa shape index (κ2) is 5.75. The minimum atomic E-state index is -1.24. The van der Waals surface area contributed by atoms with Crippen molar-refractivity contribution in [2.24, 2.45) is 0 Å². The van der Waals surface area contributed by atoms with Crippen molar-refractivity contribution in [1.82, 2.24) is 0 Å². The van der Waals surface area contributed by atoms with Gasteiger partial charge >= 0.3 is 0 Å². The molecule has 1 aliphatic rings. The Morgan fingerprint density at radius 3 is 2.58 bits per heavy atom. The number of thioether (sulfide) groups is 1. The van der Waals surface area contributed by atoms with Gasteiger partial charge in [0.2, 0.25) is 11.8 Å². The van der Waals surface area contributed by atoms with Gasteiger partial charge in [-0.25, -0.2) is 4.90 Å². The molecule has 1 atom stereocenters. The summed E-state index contributed by atoms with van der Waals surface area (Å²) in [6, 6.07) is 6.78. The summed E-state index contributed by atoms with van der Waals surface area (Å²) < 4.78 is 0.846. The highest BCUT2D eigenvalue weighted by Crippen LogP contribution is 2.30. The van der Waals surface area contributed by atoms with E-state index in [4.69, 9.17) is 0 Å². The van der Waals surface area contributed by atoms with Crippen LogP contribution in [0.4, 0.5) is 5.69 Å². The number of carbonyl (C=O) groups excluding carboxylic acids is 3. The third-order valence-electron chi connectivity index (χ3n) is 2.59. The summed E-state index contributed by atoms with van der Waals surface area (Å²) in [6.45, 7) is 0. The lowest BCUT2D eigenvalue weighted by Crippen LogP contribution is -2.32. The average molecular weight is 343 g/mol. The van der Waals surface area contributed by atoms with Crippen molar-refractivity contribution in [3.8, 4) is 0 Å². The van der Waals surface area contributed by atoms with E-state index < -0.39 is 11.2 Å². The number of rotatable bonds is 4. The third kappa shape index (κ3) is 3.16. The number of carbonyl (C=O) groups is 3. The van der Waals surface area contributed by atoms with Crippen LogP contribution in [-0.2, 0) is 14.4 Å². The molecule has 2 amide bonds. The van der Waals surface area contributed by atoms with Gasteiger partial charge in [-0.15, -0.1) is 11.8 Å². The minimum Gasteiger partial charge on any atom is -0.549 e. The van der Waals surface area contributed by atoms with E-state index in [0.717, 1.165) is 21.1 Å². The lowest BCUT2D eigenvalue weighted by molar-refractivity contribution is -0.301. The van der Waals surface area contributed by atoms with E-state index in [0.29, 0.717) is 5.69 Å². The van der Waals surface area contributed by atoms with Gasteiger partial charge in [0, 0.05) is 16.6 Å². The Morgan fingerprint density at radius 1 is 1.37 bits per heavy atom. The summed E-state index contributed by atoms with van der Waals surface area (Å²) in [7, 11) is 0. The van der Waals surface area contributed by atoms with Crippen LogP contribution >= 0.6 is 27.7 Å². The SMILES string of the molecule is O=C([O-])CS[C@@H]1CC(=O)N(c2ccc(Br)cc2)C1=O. The third-order valence-corrected chi connectivity index (χ3v) is 4.29. The number of anilines is 1. The van der Waals surface area contributed by atoms with E-state index in [1.165, 1.54) is 0 Å². The Hall–Kier alpha value is -1.34. The Balaban J connectivity index is 2.14. The Morgan fingerprint density at radius 2 is 2.00 bits per heavy atom. The lowest BCUT2D eigenvalue weighted by Gasteiger charge is -2.15. The highest BCUT2D eigenvalue weighted by molar-refractivity contribution is 9.10. The van der Waals surface area contributed by atoms with E-state index in [1.54, 1.807) is 24.3 Å². The number of benzene rings is 1. The maximum atomic E-state index is 12.1. The molecule has 7 heteroatoms. The minimum absolute atomic E-state index is 0.0207. The van der Waals surface area contributed by atoms with Crippen molar-refractivity contribution >= 4 is 51.2 Å². The molecule has 19 heavy (non-hydrogen) atoms. The molecule has 0 aliphatic carbocycles. The molecule has 1 heterocycles. The first-order valence-corrected chi connectivity index (χ1v) is 7.27. The Labute approximate surface area is 122 Å². The molecule has 1 aliphatic heterocycles. The van der Waals surface area contributed by atoms with Gasteiger partial charge in [0.25, 0.3) is 0 Å². The number of aliphatic carboxylic acids is 1. The summed E-state index contributed by atoms with van der Waals surface area (Å²) in [5, 5.41) is 9.74. The van der Waals surface area contributed by atoms with Gasteiger partial charge in [0.15, 0.2) is 0 Å². The molecule has 1 aromatic rings. The summed E-state index contributed by atoms with van der Waals surface area (Å²) in [6.07, 6.45) is 0.0207. The average Bonchev–Trinajstić information content (AvgIpc) is 2.63. The molecular formula is C12H9BrNO4S-. The van der Waals surface area contributed by atoms with Gasteiger partial charge in [0.1, 0.15) is 0 Å². The maximum Gasteiger partial charge on any atom is 0.247 e. The monoisotopic (exact) mass is 342 g/mol. The van der Waals surface area contributed by atoms with Crippen LogP contribution < -0.4 is 10.0 Å². The molecule has 0 bridgehead atoms. The lowest BCUT2D eigenvalue weighted by atomic mass is 10.3. The summed E-state index contributed by atoms with van der Waals surface area (Å²) in [5.74, 6) is -2.23. The molecule has 0 saturated carbocycles. The Kier molecular flexibility index (Phi) is 4.26. The zero-order chi connectivity index (χ0) is 14.0. The zero-order valence-corrected chi connectivity index (χ0v) is 12.1. The second-order valence-electron chi connectivity index (χ2n) is 3.92. The molecular weight excluding hydrogens is 334 g/mol. The topological polar surface area (TPSA) is 77.5 Å². The van der Waals surface area contributed by atoms with Crippen molar-refractivity contribution in [2.75, 3.05) is 10.7 Å². The highest BCUT2D eigenvalue weighted by Gasteiger charge is 2.39. The van der Waals surface area contributed by atoms with E-state index in [2.05, 4.69) is 15.9 Å². The van der Waals surface area contributed by atoms with Gasteiger partial charge in [-0.1, -0.05) is 15.9 Å². The number of nitrogens with zero attached hydrogens (tertiary/aromatic N) is 1. The summed E-state index contributed by atoms with van der Waals surface area (Å²) in [5.41, 5.74) is 0.495. The highest BCUT2D eigenvalue weighted by atomic mass is 79.9. The predicted octanol–water partition coefficient (Wildman–Crippen LogP) is 0.564. The molecule has 5 nitrogen and oxygen atoms in total. The van der Waals surface area contributed by atoms with E-state index in [1.807, 2.05) is 0 Å². The van der Waals surface area contributed by atoms with Crippen LogP contribution in [0, 0.1) is 0 Å². The van der Waals surface area contributed by atoms with E-state index in [9.17, 15) is 19.5 Å². The second-order valence-corrected chi connectivity index (χ2v) is 6.03. The van der Waals surface area contributed by atoms with E-state index >= 15 is 0 Å². The number of amides is 2. The van der Waals surface area contributed by atoms with Crippen LogP contribution in [0.1, 0.15) is 6.42 Å². The molecule has 0 aromatic heterocycles. The molecule has 1 aromatic carbocycles. The smallest absolute Gasteiger partial charge is 0.247 e. The normalized spacial score (nSPS) is 19.0. The molecule has 0 N–H and O–H groups in total. The van der Waals surface area contributed by atoms with Crippen molar-refractivity contribution < 1.29 is 19.5 Å². The first kappa shape index (κ1) is 14.1. The largest absolute Gasteiger partial charge is 0.549 e. The maximum absolute atomic E-state index is 12.1. The number of halogens is 1. The van der Waals surface area contributed by atoms with Crippen LogP contribution in [-0.4, -0.2) is 28.8 Å². The van der Waals surface area contributed by atoms with Crippen LogP contribution in [0.2, 0.25) is 0 Å². The number of carboxylic acid groups (broad SMARTS) is 1. The molecule has 0 unspecified atom stereocenters. The molecule has 0 spiro atoms. The number of carboxylic acids is 1. The van der Waals surface area contributed by atoms with Crippen LogP contribution in [0.3, 0.4) is 0 Å². The van der Waals surface area contributed by atoms with Crippen LogP contribution in [0.5, 0.6) is 0 Å². The first-order valence-electron chi connectivity index (χ1n) is 5.43. The fraction of sp³-hybridized carbons (Fsp3) is 0.250. The summed E-state index contributed by atoms with van der Waals surface area (Å²) in [4.78, 5) is 35.4. The first-order chi connectivity index (χ1) is 8.99. The molecule has 0 radical (unpaired) electrons. The summed E-state index contributed by atoms with van der Waals surface area (Å²) >= 11 is 4.19. The van der Waals surface area contributed by atoms with Crippen molar-refractivity contribution in [3.05, 3.63) is 28.7 Å². The van der Waals surface area contributed by atoms with Gasteiger partial charge < -0.3 is 9.90 Å². The molecule has 2 rings (SSSR count). The molecule has 1 saturated heterocycles. The number of hydrogen-bond acceptors (Lipinski definition) is 5. The standard InChI is InChI=1S/C12H10BrNO4S/c13-7-1-3-8(4-2-7)14-10(15)5-9(12(14)18)19-6-11(16)17/h1-4,9H,5-6H2,(H,16,17)/p-1/t9-/m1/s1. The van der Waals surface area contributed by atoms with Gasteiger partial charge in [-0.05, 0) is 24.3 Å². The quantitative estimate of drug-likeness (QED) is 0.747. The van der Waals surface area contributed by atoms with E-state index in [-0.39, 0.29) is 24.0 Å². The molecule has 1 fully saturated rings. The zero-order valence-electron chi connectivity index (χ0n) is 9.67. The van der Waals surface area contributed by atoms with Gasteiger partial charge in [0.05, 0.1) is 16.9 Å². The number of hydrogen-bond donors (Lipinski definition) is 0. The number of imide groups is 1. The van der Waals surface area contributed by atoms with Gasteiger partial charge in [-0.2, -0.15) is 0 Å². The van der Waals surface area contributed by atoms with Gasteiger partial charge in [-0.3, -0.25) is 9.59 Å². The Bertz CT molecular complexity index is 531. The van der Waals surface area contributed by atoms with Crippen molar-refractivity contribution in [3.63, 3.8) is 0 Å². The van der Waals surface area contributed by atoms with Crippen LogP contribution in [0.15, 0.2) is 28.7 Å². The van der Waals surface area contributed by atoms with Crippen molar-refractivity contribution in [2.45, 2.75) is 11.7 Å². The predicted molar refractivity (Wildman–Crippen MR) is 72.5 cm³/mol. The van der Waals surface area contributed by atoms with Crippen LogP contribution in [0.25, 0.3) is 0 Å². The molecule has 100 valence electrons. The fourth-order valence-corrected chi connectivity index (χ4v) is 2.87. The van der Waals surface area contributed by atoms with Crippen molar-refractivity contribution in [1.29, 1.82) is 0 Å².